The molecule has 0 aliphatic heterocycles. The van der Waals surface area contributed by atoms with Gasteiger partial charge in [0.05, 0.1) is 0 Å². The predicted octanol–water partition coefficient (Wildman–Crippen LogP) is 7.97. The number of primary amides is 1. The van der Waals surface area contributed by atoms with Gasteiger partial charge >= 0.3 is 0 Å². The smallest absolute Gasteiger partial charge is 0.272 e. The second-order valence-corrected chi connectivity index (χ2v) is 12.4. The molecule has 0 aliphatic rings. The van der Waals surface area contributed by atoms with Gasteiger partial charge in [-0.2, -0.15) is 0 Å². The molecule has 4 amide bonds. The lowest BCUT2D eigenvalue weighted by Crippen LogP contribution is -2.30. The van der Waals surface area contributed by atoms with Crippen LogP contribution in [0.3, 0.4) is 0 Å². The Morgan fingerprint density at radius 1 is 0.688 bits per heavy atom. The summed E-state index contributed by atoms with van der Waals surface area (Å²) in [5.74, 6) is -1.93. The Bertz CT molecular complexity index is 1990. The molecular weight excluding hydrogens is 667 g/mol. The highest BCUT2D eigenvalue weighted by atomic mass is 35.5. The van der Waals surface area contributed by atoms with Crippen LogP contribution in [0.15, 0.2) is 138 Å². The fourth-order valence-electron chi connectivity index (χ4n) is 4.52. The van der Waals surface area contributed by atoms with Crippen LogP contribution in [-0.4, -0.2) is 23.6 Å². The Labute approximate surface area is 291 Å². The number of halogens is 2. The summed E-state index contributed by atoms with van der Waals surface area (Å²) in [5.41, 5.74) is 8.16. The fourth-order valence-corrected chi connectivity index (χ4v) is 6.07. The number of hydrogen-bond acceptors (Lipinski definition) is 5. The maximum absolute atomic E-state index is 13.6. The zero-order chi connectivity index (χ0) is 34.0. The quantitative estimate of drug-likeness (QED) is 0.0823. The van der Waals surface area contributed by atoms with E-state index in [-0.39, 0.29) is 11.6 Å². The van der Waals surface area contributed by atoms with Crippen molar-refractivity contribution in [3.8, 4) is 0 Å². The van der Waals surface area contributed by atoms with E-state index in [4.69, 9.17) is 28.9 Å². The van der Waals surface area contributed by atoms with Gasteiger partial charge in [0.1, 0.15) is 10.9 Å². The predicted molar refractivity (Wildman–Crippen MR) is 192 cm³/mol. The minimum atomic E-state index is -0.666. The lowest BCUT2D eigenvalue weighted by molar-refractivity contribution is -0.116. The van der Waals surface area contributed by atoms with Crippen molar-refractivity contribution in [1.29, 1.82) is 0 Å². The van der Waals surface area contributed by atoms with Gasteiger partial charge in [-0.05, 0) is 83.9 Å². The molecule has 0 aromatic heterocycles. The molecule has 0 bridgehead atoms. The molecule has 240 valence electrons. The molecule has 0 saturated carbocycles. The number of hydrogen-bond donors (Lipinski definition) is 4. The van der Waals surface area contributed by atoms with E-state index in [0.29, 0.717) is 43.0 Å². The molecule has 0 aliphatic carbocycles. The van der Waals surface area contributed by atoms with Crippen molar-refractivity contribution < 1.29 is 19.2 Å². The minimum absolute atomic E-state index is 0.0463. The molecule has 11 heteroatoms. The molecule has 48 heavy (non-hydrogen) atoms. The van der Waals surface area contributed by atoms with Crippen molar-refractivity contribution in [3.63, 3.8) is 0 Å². The number of benzene rings is 5. The lowest BCUT2D eigenvalue weighted by Gasteiger charge is -2.18. The number of amides is 4. The van der Waals surface area contributed by atoms with Crippen LogP contribution in [0.2, 0.25) is 10.0 Å². The molecule has 1 atom stereocenters. The Kier molecular flexibility index (Phi) is 11.3. The summed E-state index contributed by atoms with van der Waals surface area (Å²) in [5, 5.41) is 8.50. The Morgan fingerprint density at radius 2 is 1.38 bits per heavy atom. The summed E-state index contributed by atoms with van der Waals surface area (Å²) in [6.07, 6.45) is 1.47. The average Bonchev–Trinajstić information content (AvgIpc) is 3.09. The summed E-state index contributed by atoms with van der Waals surface area (Å²) >= 11 is 13.7. The lowest BCUT2D eigenvalue weighted by atomic mass is 10.1. The zero-order valence-corrected chi connectivity index (χ0v) is 27.5. The molecule has 8 nitrogen and oxygen atoms in total. The van der Waals surface area contributed by atoms with Gasteiger partial charge in [0.15, 0.2) is 0 Å². The van der Waals surface area contributed by atoms with Crippen LogP contribution in [-0.2, 0) is 9.59 Å². The molecular formula is C37H28Cl2N4O4S. The summed E-state index contributed by atoms with van der Waals surface area (Å²) in [4.78, 5) is 52.4. The summed E-state index contributed by atoms with van der Waals surface area (Å²) < 4.78 is 0. The van der Waals surface area contributed by atoms with Gasteiger partial charge in [0, 0.05) is 37.4 Å². The molecule has 0 radical (unpaired) electrons. The maximum atomic E-state index is 13.6. The highest BCUT2D eigenvalue weighted by Gasteiger charge is 2.23. The fraction of sp³-hybridized carbons (Fsp3) is 0.0270. The van der Waals surface area contributed by atoms with Crippen molar-refractivity contribution in [1.82, 2.24) is 5.32 Å². The third-order valence-corrected chi connectivity index (χ3v) is 8.72. The van der Waals surface area contributed by atoms with Gasteiger partial charge in [-0.15, -0.1) is 11.8 Å². The molecule has 1 unspecified atom stereocenters. The number of carbonyl (C=O) groups excluding carboxylic acids is 4. The van der Waals surface area contributed by atoms with E-state index in [9.17, 15) is 19.2 Å². The highest BCUT2D eigenvalue weighted by molar-refractivity contribution is 8.00. The molecule has 0 saturated heterocycles. The molecule has 0 spiro atoms. The summed E-state index contributed by atoms with van der Waals surface area (Å²) in [7, 11) is 0. The maximum Gasteiger partial charge on any atom is 0.272 e. The number of rotatable bonds is 11. The van der Waals surface area contributed by atoms with Crippen LogP contribution in [0, 0.1) is 0 Å². The van der Waals surface area contributed by atoms with E-state index in [0.717, 1.165) is 5.56 Å². The number of thioether (sulfide) groups is 1. The average molecular weight is 696 g/mol. The Morgan fingerprint density at radius 3 is 2.04 bits per heavy atom. The van der Waals surface area contributed by atoms with Crippen LogP contribution >= 0.6 is 35.0 Å². The monoisotopic (exact) mass is 694 g/mol. The first-order chi connectivity index (χ1) is 23.2. The van der Waals surface area contributed by atoms with Crippen molar-refractivity contribution in [2.45, 2.75) is 10.1 Å². The number of carbonyl (C=O) groups is 4. The van der Waals surface area contributed by atoms with E-state index in [1.165, 1.54) is 17.8 Å². The topological polar surface area (TPSA) is 130 Å². The Balaban J connectivity index is 1.38. The SMILES string of the molecule is NC(=O)c1ccc(NC(=O)C(Sc2cccc(NC(=O)/C(=C\c3ccc(Cl)cc3Cl)NC(=O)c3ccccc3)c2)c2ccccc2)cc1. The van der Waals surface area contributed by atoms with Crippen molar-refractivity contribution in [2.24, 2.45) is 5.73 Å². The van der Waals surface area contributed by atoms with E-state index in [1.807, 2.05) is 36.4 Å². The van der Waals surface area contributed by atoms with E-state index in [1.54, 1.807) is 91.0 Å². The standard InChI is InChI=1S/C37H28Cl2N4O4S/c38-27-17-14-26(31(39)21-27)20-32(43-35(45)25-10-5-2-6-11-25)36(46)42-29-12-7-13-30(22-29)48-33(23-8-3-1-4-9-23)37(47)41-28-18-15-24(16-19-28)34(40)44/h1-22,33H,(H2,40,44)(H,41,47)(H,42,46)(H,43,45)/b32-20+. The van der Waals surface area contributed by atoms with Gasteiger partial charge in [-0.1, -0.05) is 83.9 Å². The summed E-state index contributed by atoms with van der Waals surface area (Å²) in [6.45, 7) is 0. The van der Waals surface area contributed by atoms with Crippen molar-refractivity contribution in [3.05, 3.63) is 165 Å². The van der Waals surface area contributed by atoms with Gasteiger partial charge < -0.3 is 21.7 Å². The third-order valence-electron chi connectivity index (χ3n) is 6.91. The van der Waals surface area contributed by atoms with Gasteiger partial charge in [-0.25, -0.2) is 0 Å². The van der Waals surface area contributed by atoms with Gasteiger partial charge in [0.2, 0.25) is 11.8 Å². The van der Waals surface area contributed by atoms with Crippen molar-refractivity contribution >= 4 is 76.0 Å². The van der Waals surface area contributed by atoms with Crippen LogP contribution in [0.25, 0.3) is 6.08 Å². The van der Waals surface area contributed by atoms with Crippen LogP contribution in [0.1, 0.15) is 37.1 Å². The third kappa shape index (κ3) is 9.13. The van der Waals surface area contributed by atoms with Crippen LogP contribution in [0.5, 0.6) is 0 Å². The normalized spacial score (nSPS) is 11.7. The van der Waals surface area contributed by atoms with Gasteiger partial charge in [-0.3, -0.25) is 19.2 Å². The van der Waals surface area contributed by atoms with Gasteiger partial charge in [0.25, 0.3) is 11.8 Å². The molecule has 5 rings (SSSR count). The van der Waals surface area contributed by atoms with Crippen LogP contribution < -0.4 is 21.7 Å². The Hall–Kier alpha value is -5.35. The molecule has 5 aromatic carbocycles. The molecule has 5 aromatic rings. The second kappa shape index (κ2) is 16.0. The number of nitrogens with two attached hydrogens (primary N) is 1. The number of nitrogens with one attached hydrogen (secondary N) is 3. The largest absolute Gasteiger partial charge is 0.366 e. The molecule has 0 heterocycles. The summed E-state index contributed by atoms with van der Waals surface area (Å²) in [6, 6.07) is 35.9. The highest BCUT2D eigenvalue weighted by Crippen LogP contribution is 2.37. The number of anilines is 2. The first kappa shape index (κ1) is 34.0. The zero-order valence-electron chi connectivity index (χ0n) is 25.2. The molecule has 5 N–H and O–H groups in total. The first-order valence-corrected chi connectivity index (χ1v) is 16.2. The first-order valence-electron chi connectivity index (χ1n) is 14.5. The molecule has 0 fully saturated rings. The van der Waals surface area contributed by atoms with E-state index in [2.05, 4.69) is 16.0 Å². The van der Waals surface area contributed by atoms with E-state index < -0.39 is 23.0 Å². The van der Waals surface area contributed by atoms with E-state index >= 15 is 0 Å². The van der Waals surface area contributed by atoms with Crippen molar-refractivity contribution in [2.75, 3.05) is 10.6 Å². The van der Waals surface area contributed by atoms with Crippen LogP contribution in [0.4, 0.5) is 11.4 Å². The second-order valence-electron chi connectivity index (χ2n) is 10.4. The minimum Gasteiger partial charge on any atom is -0.366 e.